The Kier molecular flexibility index (Phi) is 4.56. The van der Waals surface area contributed by atoms with Gasteiger partial charge in [-0.1, -0.05) is 18.2 Å². The molecule has 0 saturated heterocycles. The van der Waals surface area contributed by atoms with Crippen LogP contribution in [0.1, 0.15) is 18.2 Å². The molecule has 2 N–H and O–H groups in total. The molecule has 0 radical (unpaired) electrons. The van der Waals surface area contributed by atoms with Crippen molar-refractivity contribution in [2.75, 3.05) is 13.1 Å². The molecule has 0 saturated carbocycles. The third kappa shape index (κ3) is 3.61. The SMILES string of the molecule is CCNC(=NCc1cn2ccsc2n1)NCC1Cc2ccccc2O1. The van der Waals surface area contributed by atoms with Crippen LogP contribution >= 0.6 is 11.3 Å². The molecule has 3 aromatic rings. The van der Waals surface area contributed by atoms with Gasteiger partial charge in [0.1, 0.15) is 11.9 Å². The maximum absolute atomic E-state index is 5.97. The minimum Gasteiger partial charge on any atom is -0.488 e. The summed E-state index contributed by atoms with van der Waals surface area (Å²) in [6.07, 6.45) is 5.10. The number of hydrogen-bond acceptors (Lipinski definition) is 4. The van der Waals surface area contributed by atoms with Gasteiger partial charge in [0, 0.05) is 30.7 Å². The first-order chi connectivity index (χ1) is 12.3. The lowest BCUT2D eigenvalue weighted by molar-refractivity contribution is 0.235. The summed E-state index contributed by atoms with van der Waals surface area (Å²) in [5.74, 6) is 1.78. The number of hydrogen-bond donors (Lipinski definition) is 2. The zero-order valence-electron chi connectivity index (χ0n) is 14.1. The van der Waals surface area contributed by atoms with Gasteiger partial charge in [-0.2, -0.15) is 0 Å². The molecule has 7 heteroatoms. The van der Waals surface area contributed by atoms with Crippen molar-refractivity contribution in [2.45, 2.75) is 26.0 Å². The van der Waals surface area contributed by atoms with Crippen LogP contribution in [0.25, 0.3) is 4.96 Å². The van der Waals surface area contributed by atoms with E-state index in [0.29, 0.717) is 6.54 Å². The van der Waals surface area contributed by atoms with E-state index in [1.807, 2.05) is 34.3 Å². The molecular formula is C18H21N5OS. The summed E-state index contributed by atoms with van der Waals surface area (Å²) in [5.41, 5.74) is 2.24. The number of rotatable bonds is 5. The summed E-state index contributed by atoms with van der Waals surface area (Å²) in [7, 11) is 0. The number of fused-ring (bicyclic) bond motifs is 2. The van der Waals surface area contributed by atoms with Crippen molar-refractivity contribution >= 4 is 22.3 Å². The second-order valence-corrected chi connectivity index (χ2v) is 6.83. The van der Waals surface area contributed by atoms with Gasteiger partial charge >= 0.3 is 0 Å². The fourth-order valence-corrected chi connectivity index (χ4v) is 3.65. The number of ether oxygens (including phenoxy) is 1. The highest BCUT2D eigenvalue weighted by atomic mass is 32.1. The zero-order chi connectivity index (χ0) is 17.1. The number of nitrogens with one attached hydrogen (secondary N) is 2. The van der Waals surface area contributed by atoms with E-state index in [2.05, 4.69) is 39.7 Å². The van der Waals surface area contributed by atoms with Gasteiger partial charge in [0.05, 0.1) is 18.8 Å². The van der Waals surface area contributed by atoms with Gasteiger partial charge < -0.3 is 15.4 Å². The number of aliphatic imine (C=N–C) groups is 1. The summed E-state index contributed by atoms with van der Waals surface area (Å²) in [5, 5.41) is 8.68. The first kappa shape index (κ1) is 16.0. The molecule has 6 nitrogen and oxygen atoms in total. The number of benzene rings is 1. The zero-order valence-corrected chi connectivity index (χ0v) is 14.9. The molecule has 0 fully saturated rings. The van der Waals surface area contributed by atoms with E-state index in [0.717, 1.165) is 41.9 Å². The second kappa shape index (κ2) is 7.14. The number of aromatic nitrogens is 2. The molecule has 3 heterocycles. The van der Waals surface area contributed by atoms with Gasteiger partial charge in [-0.25, -0.2) is 9.98 Å². The van der Waals surface area contributed by atoms with Gasteiger partial charge in [-0.3, -0.25) is 4.40 Å². The molecule has 0 spiro atoms. The van der Waals surface area contributed by atoms with Crippen molar-refractivity contribution in [3.8, 4) is 5.75 Å². The van der Waals surface area contributed by atoms with Gasteiger partial charge in [-0.05, 0) is 18.6 Å². The van der Waals surface area contributed by atoms with E-state index < -0.39 is 0 Å². The summed E-state index contributed by atoms with van der Waals surface area (Å²) >= 11 is 1.63. The second-order valence-electron chi connectivity index (χ2n) is 5.95. The third-order valence-electron chi connectivity index (χ3n) is 4.10. The number of imidazole rings is 1. The maximum Gasteiger partial charge on any atom is 0.193 e. The standard InChI is InChI=1S/C18H21N5OS/c1-2-19-17(20-10-14-12-23-7-8-25-18(23)22-14)21-11-15-9-13-5-3-4-6-16(13)24-15/h3-8,12,15H,2,9-11H2,1H3,(H2,19,20,21). The highest BCUT2D eigenvalue weighted by Gasteiger charge is 2.22. The van der Waals surface area contributed by atoms with Gasteiger partial charge in [0.15, 0.2) is 10.9 Å². The van der Waals surface area contributed by atoms with Crippen molar-refractivity contribution in [3.63, 3.8) is 0 Å². The van der Waals surface area contributed by atoms with Crippen molar-refractivity contribution < 1.29 is 4.74 Å². The van der Waals surface area contributed by atoms with E-state index in [9.17, 15) is 0 Å². The van der Waals surface area contributed by atoms with E-state index in [1.54, 1.807) is 11.3 Å². The Bertz CT molecular complexity index is 831. The Balaban J connectivity index is 1.35. The summed E-state index contributed by atoms with van der Waals surface area (Å²) < 4.78 is 8.00. The Morgan fingerprint density at radius 3 is 3.16 bits per heavy atom. The van der Waals surface area contributed by atoms with Crippen LogP contribution in [0.5, 0.6) is 5.75 Å². The number of guanidine groups is 1. The first-order valence-corrected chi connectivity index (χ1v) is 9.37. The Hall–Kier alpha value is -2.54. The molecule has 2 aromatic heterocycles. The molecule has 0 bridgehead atoms. The average Bonchev–Trinajstić information content (AvgIpc) is 3.30. The smallest absolute Gasteiger partial charge is 0.193 e. The molecule has 1 unspecified atom stereocenters. The maximum atomic E-state index is 5.97. The number of thiazole rings is 1. The van der Waals surface area contributed by atoms with Crippen molar-refractivity contribution in [1.29, 1.82) is 0 Å². The van der Waals surface area contributed by atoms with E-state index in [4.69, 9.17) is 4.74 Å². The van der Waals surface area contributed by atoms with Gasteiger partial charge in [0.2, 0.25) is 0 Å². The molecule has 25 heavy (non-hydrogen) atoms. The lowest BCUT2D eigenvalue weighted by Gasteiger charge is -2.15. The molecule has 0 amide bonds. The lowest BCUT2D eigenvalue weighted by atomic mass is 10.1. The fourth-order valence-electron chi connectivity index (χ4n) is 2.93. The van der Waals surface area contributed by atoms with Crippen molar-refractivity contribution in [3.05, 3.63) is 53.3 Å². The summed E-state index contributed by atoms with van der Waals surface area (Å²) in [6, 6.07) is 8.22. The molecule has 1 atom stereocenters. The van der Waals surface area contributed by atoms with Crippen LogP contribution in [0.4, 0.5) is 0 Å². The molecule has 1 aromatic carbocycles. The molecule has 1 aliphatic rings. The molecular weight excluding hydrogens is 334 g/mol. The topological polar surface area (TPSA) is 63.0 Å². The Morgan fingerprint density at radius 2 is 2.32 bits per heavy atom. The minimum absolute atomic E-state index is 0.138. The van der Waals surface area contributed by atoms with Crippen molar-refractivity contribution in [1.82, 2.24) is 20.0 Å². The quantitative estimate of drug-likeness (QED) is 0.545. The molecule has 1 aliphatic heterocycles. The van der Waals surface area contributed by atoms with Crippen LogP contribution in [0.15, 0.2) is 47.0 Å². The number of para-hydroxylation sites is 1. The predicted molar refractivity (Wildman–Crippen MR) is 100 cm³/mol. The van der Waals surface area contributed by atoms with Crippen LogP contribution in [-0.4, -0.2) is 34.5 Å². The third-order valence-corrected chi connectivity index (χ3v) is 4.87. The minimum atomic E-state index is 0.138. The average molecular weight is 355 g/mol. The van der Waals surface area contributed by atoms with Crippen LogP contribution in [0, 0.1) is 0 Å². The highest BCUT2D eigenvalue weighted by Crippen LogP contribution is 2.27. The summed E-state index contributed by atoms with van der Waals surface area (Å²) in [4.78, 5) is 10.2. The highest BCUT2D eigenvalue weighted by molar-refractivity contribution is 7.15. The Labute approximate surface area is 150 Å². The van der Waals surface area contributed by atoms with Crippen LogP contribution < -0.4 is 15.4 Å². The Morgan fingerprint density at radius 1 is 1.40 bits per heavy atom. The van der Waals surface area contributed by atoms with Crippen molar-refractivity contribution in [2.24, 2.45) is 4.99 Å². The van der Waals surface area contributed by atoms with E-state index in [1.165, 1.54) is 5.56 Å². The van der Waals surface area contributed by atoms with Crippen LogP contribution in [-0.2, 0) is 13.0 Å². The van der Waals surface area contributed by atoms with E-state index in [-0.39, 0.29) is 6.10 Å². The van der Waals surface area contributed by atoms with E-state index >= 15 is 0 Å². The largest absolute Gasteiger partial charge is 0.488 e. The molecule has 0 aliphatic carbocycles. The first-order valence-electron chi connectivity index (χ1n) is 8.49. The monoisotopic (exact) mass is 355 g/mol. The summed E-state index contributed by atoms with van der Waals surface area (Å²) in [6.45, 7) is 4.15. The fraction of sp³-hybridized carbons (Fsp3) is 0.333. The molecule has 4 rings (SSSR count). The number of nitrogens with zero attached hydrogens (tertiary/aromatic N) is 3. The van der Waals surface area contributed by atoms with Crippen LogP contribution in [0.3, 0.4) is 0 Å². The predicted octanol–water partition coefficient (Wildman–Crippen LogP) is 2.45. The van der Waals surface area contributed by atoms with Gasteiger partial charge in [-0.15, -0.1) is 11.3 Å². The lowest BCUT2D eigenvalue weighted by Crippen LogP contribution is -2.42. The molecule has 130 valence electrons. The normalized spacial score (nSPS) is 16.7. The van der Waals surface area contributed by atoms with Gasteiger partial charge in [0.25, 0.3) is 0 Å². The van der Waals surface area contributed by atoms with Crippen LogP contribution in [0.2, 0.25) is 0 Å².